The van der Waals surface area contributed by atoms with Crippen LogP contribution in [0.5, 0.6) is 0 Å². The standard InChI is InChI=1S/2C18H15P.CH2O3.Ag/c2*1-4-10-16(11-5-1)19(17-12-6-2-7-13-17)18-14-8-3-9-15-18;2-1(3)4;/h2*1-15H;(H2,2,3,4);/q;;;+1/p+1. The third-order valence-electron chi connectivity index (χ3n) is 6.37. The molecule has 6 aromatic carbocycles. The smallest absolute Gasteiger partial charge is 0.565 e. The van der Waals surface area contributed by atoms with Crippen LogP contribution in [-0.2, 0) is 22.4 Å². The fraction of sp³-hybridized carbons (Fsp3) is 0. The largest absolute Gasteiger partial charge is 1.00 e. The Balaban J connectivity index is 0.000000206. The fourth-order valence-electron chi connectivity index (χ4n) is 4.63. The first kappa shape index (κ1) is 33.7. The van der Waals surface area contributed by atoms with Crippen LogP contribution in [0, 0.1) is 0 Å². The number of rotatable bonds is 6. The van der Waals surface area contributed by atoms with Gasteiger partial charge in [0.15, 0.2) is 0 Å². The molecule has 0 spiro atoms. The molecule has 0 saturated heterocycles. The topological polar surface area (TPSA) is 60.4 Å². The monoisotopic (exact) mass is 694 g/mol. The van der Waals surface area contributed by atoms with Crippen molar-refractivity contribution in [1.29, 1.82) is 0 Å². The van der Waals surface area contributed by atoms with Crippen molar-refractivity contribution in [2.75, 3.05) is 0 Å². The van der Waals surface area contributed by atoms with Gasteiger partial charge in [0.1, 0.15) is 31.8 Å². The maximum atomic E-state index is 8.44. The summed E-state index contributed by atoms with van der Waals surface area (Å²) in [6, 6.07) is 65.0. The van der Waals surface area contributed by atoms with Crippen molar-refractivity contribution >= 4 is 53.8 Å². The number of carbonyl (C=O) groups is 1. The van der Waals surface area contributed by atoms with E-state index in [0.717, 1.165) is 0 Å². The van der Waals surface area contributed by atoms with Gasteiger partial charge in [-0.1, -0.05) is 109 Å². The average Bonchev–Trinajstić information content (AvgIpc) is 3.05. The Labute approximate surface area is 271 Å². The van der Waals surface area contributed by atoms with E-state index in [0.29, 0.717) is 0 Å². The van der Waals surface area contributed by atoms with Gasteiger partial charge < -0.3 is 15.0 Å². The summed E-state index contributed by atoms with van der Waals surface area (Å²) in [7, 11) is -1.75. The van der Waals surface area contributed by atoms with E-state index >= 15 is 0 Å². The van der Waals surface area contributed by atoms with Crippen molar-refractivity contribution in [1.82, 2.24) is 0 Å². The minimum absolute atomic E-state index is 0. The molecule has 0 bridgehead atoms. The molecule has 0 fully saturated rings. The minimum atomic E-state index is -2.08. The van der Waals surface area contributed by atoms with E-state index in [1.807, 2.05) is 0 Å². The van der Waals surface area contributed by atoms with Gasteiger partial charge in [-0.05, 0) is 72.8 Å². The molecule has 0 aliphatic rings. The summed E-state index contributed by atoms with van der Waals surface area (Å²) in [6.07, 6.45) is -2.08. The molecule has 43 heavy (non-hydrogen) atoms. The third kappa shape index (κ3) is 10.8. The first-order valence-electron chi connectivity index (χ1n) is 13.6. The second kappa shape index (κ2) is 18.7. The van der Waals surface area contributed by atoms with Gasteiger partial charge in [-0.3, -0.25) is 0 Å². The Morgan fingerprint density at radius 3 is 0.605 bits per heavy atom. The molecule has 6 rings (SSSR count). The molecule has 0 saturated carbocycles. The van der Waals surface area contributed by atoms with E-state index in [-0.39, 0.29) is 22.4 Å². The van der Waals surface area contributed by atoms with Gasteiger partial charge in [0.05, 0.1) is 15.8 Å². The van der Waals surface area contributed by atoms with Gasteiger partial charge in [-0.2, -0.15) is 0 Å². The molecule has 0 radical (unpaired) electrons. The molecule has 218 valence electrons. The first-order chi connectivity index (χ1) is 20.6. The zero-order chi connectivity index (χ0) is 29.4. The summed E-state index contributed by atoms with van der Waals surface area (Å²) in [5, 5.41) is 23.9. The summed E-state index contributed by atoms with van der Waals surface area (Å²) in [4.78, 5) is 8.44. The molecular weight excluding hydrogens is 662 g/mol. The molecule has 0 amide bonds. The van der Waals surface area contributed by atoms with E-state index < -0.39 is 22.0 Å². The van der Waals surface area contributed by atoms with E-state index in [2.05, 4.69) is 182 Å². The zero-order valence-corrected chi connectivity index (χ0v) is 26.9. The fourth-order valence-corrected chi connectivity index (χ4v) is 9.78. The van der Waals surface area contributed by atoms with Crippen LogP contribution in [0.3, 0.4) is 0 Å². The predicted molar refractivity (Wildman–Crippen MR) is 181 cm³/mol. The Bertz CT molecular complexity index is 1280. The van der Waals surface area contributed by atoms with E-state index in [9.17, 15) is 0 Å². The molecule has 0 aliphatic carbocycles. The number of carboxylic acid groups (broad SMARTS) is 2. The second-order valence-electron chi connectivity index (χ2n) is 9.21. The number of hydrogen-bond acceptors (Lipinski definition) is 2. The Kier molecular flexibility index (Phi) is 14.6. The van der Waals surface area contributed by atoms with Crippen molar-refractivity contribution in [3.63, 3.8) is 0 Å². The van der Waals surface area contributed by atoms with Crippen molar-refractivity contribution in [3.8, 4) is 0 Å². The first-order valence-corrected chi connectivity index (χ1v) is 16.6. The van der Waals surface area contributed by atoms with Crippen LogP contribution in [0.1, 0.15) is 0 Å². The molecule has 1 N–H and O–H groups in total. The van der Waals surface area contributed by atoms with Crippen LogP contribution >= 0.6 is 15.8 Å². The Morgan fingerprint density at radius 2 is 0.488 bits per heavy atom. The predicted octanol–water partition coefficient (Wildman–Crippen LogP) is 5.24. The maximum absolute atomic E-state index is 8.44. The molecular formula is C37H33AgO3P2+2. The van der Waals surface area contributed by atoms with Gasteiger partial charge in [0, 0.05) is 0 Å². The van der Waals surface area contributed by atoms with E-state index in [4.69, 9.17) is 15.0 Å². The van der Waals surface area contributed by atoms with Crippen LogP contribution in [0.25, 0.3) is 0 Å². The average molecular weight is 695 g/mol. The van der Waals surface area contributed by atoms with Crippen molar-refractivity contribution < 1.29 is 37.4 Å². The van der Waals surface area contributed by atoms with Crippen LogP contribution in [0.4, 0.5) is 4.79 Å². The van der Waals surface area contributed by atoms with E-state index in [1.165, 1.54) is 31.8 Å². The number of benzene rings is 6. The molecule has 0 heterocycles. The van der Waals surface area contributed by atoms with E-state index in [1.54, 1.807) is 0 Å². The quantitative estimate of drug-likeness (QED) is 0.192. The summed E-state index contributed by atoms with van der Waals surface area (Å²) in [5.41, 5.74) is 0. The zero-order valence-electron chi connectivity index (χ0n) is 23.4. The third-order valence-corrected chi connectivity index (χ3v) is 11.8. The number of hydrogen-bond donors (Lipinski definition) is 1. The van der Waals surface area contributed by atoms with Gasteiger partial charge in [0.25, 0.3) is 0 Å². The Morgan fingerprint density at radius 1 is 0.372 bits per heavy atom. The van der Waals surface area contributed by atoms with Crippen molar-refractivity contribution in [2.24, 2.45) is 0 Å². The summed E-state index contributed by atoms with van der Waals surface area (Å²) in [5.74, 6) is 0. The van der Waals surface area contributed by atoms with Gasteiger partial charge >= 0.3 is 22.4 Å². The molecule has 0 atom stereocenters. The maximum Gasteiger partial charge on any atom is 1.00 e. The normalized spacial score (nSPS) is 9.91. The molecule has 0 aromatic heterocycles. The second-order valence-corrected chi connectivity index (χ2v) is 14.2. The van der Waals surface area contributed by atoms with Crippen LogP contribution in [0.2, 0.25) is 0 Å². The summed E-state index contributed by atoms with van der Waals surface area (Å²) >= 11 is 0. The molecule has 0 unspecified atom stereocenters. The molecule has 6 aromatic rings. The van der Waals surface area contributed by atoms with Crippen LogP contribution in [0.15, 0.2) is 182 Å². The summed E-state index contributed by atoms with van der Waals surface area (Å²) < 4.78 is 0. The van der Waals surface area contributed by atoms with Gasteiger partial charge in [-0.15, -0.1) is 0 Å². The molecule has 0 aliphatic heterocycles. The molecule has 3 nitrogen and oxygen atoms in total. The SMILES string of the molecule is O=C([O-])O.[Ag+].c1ccc([PH+](c2ccccc2)c2ccccc2)cc1.c1ccc([PH+](c2ccccc2)c2ccccc2)cc1. The van der Waals surface area contributed by atoms with Gasteiger partial charge in [-0.25, -0.2) is 0 Å². The van der Waals surface area contributed by atoms with Crippen LogP contribution in [-0.4, -0.2) is 11.3 Å². The minimum Gasteiger partial charge on any atom is -0.565 e. The Hall–Kier alpha value is -3.81. The summed E-state index contributed by atoms with van der Waals surface area (Å²) in [6.45, 7) is 0. The van der Waals surface area contributed by atoms with Crippen molar-refractivity contribution in [3.05, 3.63) is 182 Å². The van der Waals surface area contributed by atoms with Crippen molar-refractivity contribution in [2.45, 2.75) is 0 Å². The van der Waals surface area contributed by atoms with Gasteiger partial charge in [0.2, 0.25) is 6.16 Å². The molecule has 6 heteroatoms. The van der Waals surface area contributed by atoms with Crippen LogP contribution < -0.4 is 36.9 Å².